The van der Waals surface area contributed by atoms with Crippen LogP contribution in [0.15, 0.2) is 35.2 Å². The van der Waals surface area contributed by atoms with Gasteiger partial charge in [-0.05, 0) is 12.1 Å². The Morgan fingerprint density at radius 3 is 2.50 bits per heavy atom. The van der Waals surface area contributed by atoms with Gasteiger partial charge in [0, 0.05) is 13.0 Å². The van der Waals surface area contributed by atoms with Crippen LogP contribution in [0.4, 0.5) is 0 Å². The quantitative estimate of drug-likeness (QED) is 0.785. The second kappa shape index (κ2) is 6.20. The minimum atomic E-state index is -3.51. The van der Waals surface area contributed by atoms with Gasteiger partial charge in [0.05, 0.1) is 17.5 Å². The minimum absolute atomic E-state index is 0.167. The summed E-state index contributed by atoms with van der Waals surface area (Å²) in [6, 6.07) is 7.73. The molecule has 4 nitrogen and oxygen atoms in total. The number of nitrogens with one attached hydrogen (secondary N) is 1. The first kappa shape index (κ1) is 13.4. The third-order valence-electron chi connectivity index (χ3n) is 1.93. The number of halogens is 1. The first-order valence-electron chi connectivity index (χ1n) is 4.72. The second-order valence-electron chi connectivity index (χ2n) is 3.24. The van der Waals surface area contributed by atoms with Crippen molar-refractivity contribution >= 4 is 21.6 Å². The lowest BCUT2D eigenvalue weighted by molar-refractivity contribution is 0.181. The topological polar surface area (TPSA) is 55.4 Å². The Bertz CT molecular complexity index is 407. The zero-order valence-corrected chi connectivity index (χ0v) is 10.5. The molecule has 16 heavy (non-hydrogen) atoms. The SMILES string of the molecule is COCC(CCl)NS(=O)(=O)c1ccccc1. The summed E-state index contributed by atoms with van der Waals surface area (Å²) >= 11 is 5.63. The van der Waals surface area contributed by atoms with Crippen LogP contribution in [0.25, 0.3) is 0 Å². The Morgan fingerprint density at radius 1 is 1.38 bits per heavy atom. The molecule has 6 heteroatoms. The van der Waals surface area contributed by atoms with Crippen LogP contribution in [0.5, 0.6) is 0 Å². The van der Waals surface area contributed by atoms with Crippen LogP contribution >= 0.6 is 11.6 Å². The van der Waals surface area contributed by atoms with Gasteiger partial charge >= 0.3 is 0 Å². The number of hydrogen-bond acceptors (Lipinski definition) is 3. The monoisotopic (exact) mass is 263 g/mol. The summed E-state index contributed by atoms with van der Waals surface area (Å²) in [5.74, 6) is 0.167. The van der Waals surface area contributed by atoms with Gasteiger partial charge in [0.15, 0.2) is 0 Å². The third kappa shape index (κ3) is 3.75. The maximum atomic E-state index is 11.9. The summed E-state index contributed by atoms with van der Waals surface area (Å²) in [5, 5.41) is 0. The zero-order valence-electron chi connectivity index (χ0n) is 8.89. The summed E-state index contributed by atoms with van der Waals surface area (Å²) in [4.78, 5) is 0.223. The number of methoxy groups -OCH3 is 1. The number of sulfonamides is 1. The van der Waals surface area contributed by atoms with E-state index in [2.05, 4.69) is 4.72 Å². The molecular weight excluding hydrogens is 250 g/mol. The molecule has 0 saturated heterocycles. The first-order chi connectivity index (χ1) is 7.60. The summed E-state index contributed by atoms with van der Waals surface area (Å²) < 4.78 is 31.0. The van der Waals surface area contributed by atoms with Gasteiger partial charge in [-0.15, -0.1) is 11.6 Å². The molecule has 0 bridgehead atoms. The molecule has 1 atom stereocenters. The summed E-state index contributed by atoms with van der Waals surface area (Å²) in [5.41, 5.74) is 0. The van der Waals surface area contributed by atoms with E-state index in [9.17, 15) is 8.42 Å². The predicted molar refractivity (Wildman–Crippen MR) is 63.1 cm³/mol. The van der Waals surface area contributed by atoms with Crippen molar-refractivity contribution in [3.8, 4) is 0 Å². The summed E-state index contributed by atoms with van der Waals surface area (Å²) in [7, 11) is -2.01. The van der Waals surface area contributed by atoms with Crippen LogP contribution < -0.4 is 4.72 Å². The highest BCUT2D eigenvalue weighted by Crippen LogP contribution is 2.08. The maximum Gasteiger partial charge on any atom is 0.240 e. The third-order valence-corrected chi connectivity index (χ3v) is 3.84. The van der Waals surface area contributed by atoms with Gasteiger partial charge in [-0.2, -0.15) is 0 Å². The molecule has 0 radical (unpaired) electrons. The van der Waals surface area contributed by atoms with Crippen molar-refractivity contribution < 1.29 is 13.2 Å². The standard InChI is InChI=1S/C10H14ClNO3S/c1-15-8-9(7-11)12-16(13,14)10-5-3-2-4-6-10/h2-6,9,12H,7-8H2,1H3. The average Bonchev–Trinajstić information content (AvgIpc) is 2.29. The molecule has 0 heterocycles. The van der Waals surface area contributed by atoms with Gasteiger partial charge in [0.1, 0.15) is 0 Å². The van der Waals surface area contributed by atoms with E-state index in [0.29, 0.717) is 0 Å². The molecule has 1 N–H and O–H groups in total. The van der Waals surface area contributed by atoms with Gasteiger partial charge < -0.3 is 4.74 Å². The van der Waals surface area contributed by atoms with Gasteiger partial charge in [-0.1, -0.05) is 18.2 Å². The molecule has 90 valence electrons. The number of hydrogen-bond donors (Lipinski definition) is 1. The van der Waals surface area contributed by atoms with E-state index >= 15 is 0 Å². The van der Waals surface area contributed by atoms with E-state index in [4.69, 9.17) is 16.3 Å². The van der Waals surface area contributed by atoms with E-state index < -0.39 is 16.1 Å². The molecule has 0 aliphatic heterocycles. The number of rotatable bonds is 6. The lowest BCUT2D eigenvalue weighted by Gasteiger charge is -2.15. The highest BCUT2D eigenvalue weighted by Gasteiger charge is 2.18. The molecular formula is C10H14ClNO3S. The Labute approximate surface area is 101 Å². The van der Waals surface area contributed by atoms with Crippen LogP contribution in [0, 0.1) is 0 Å². The fraction of sp³-hybridized carbons (Fsp3) is 0.400. The molecule has 0 saturated carbocycles. The smallest absolute Gasteiger partial charge is 0.240 e. The number of benzene rings is 1. The Balaban J connectivity index is 2.79. The van der Waals surface area contributed by atoms with E-state index in [-0.39, 0.29) is 17.4 Å². The van der Waals surface area contributed by atoms with Crippen molar-refractivity contribution in [3.63, 3.8) is 0 Å². The van der Waals surface area contributed by atoms with Crippen LogP contribution in [0.3, 0.4) is 0 Å². The molecule has 1 unspecified atom stereocenters. The lowest BCUT2D eigenvalue weighted by atomic mass is 10.4. The van der Waals surface area contributed by atoms with Crippen LogP contribution in [-0.2, 0) is 14.8 Å². The van der Waals surface area contributed by atoms with Crippen molar-refractivity contribution in [2.45, 2.75) is 10.9 Å². The van der Waals surface area contributed by atoms with Gasteiger partial charge in [0.25, 0.3) is 0 Å². The van der Waals surface area contributed by atoms with Crippen molar-refractivity contribution in [1.29, 1.82) is 0 Å². The highest BCUT2D eigenvalue weighted by molar-refractivity contribution is 7.89. The minimum Gasteiger partial charge on any atom is -0.383 e. The summed E-state index contributed by atoms with van der Waals surface area (Å²) in [6.45, 7) is 0.246. The molecule has 1 aromatic carbocycles. The van der Waals surface area contributed by atoms with Crippen molar-refractivity contribution in [2.75, 3.05) is 19.6 Å². The summed E-state index contributed by atoms with van der Waals surface area (Å²) in [6.07, 6.45) is 0. The Hall–Kier alpha value is -0.620. The van der Waals surface area contributed by atoms with E-state index in [0.717, 1.165) is 0 Å². The van der Waals surface area contributed by atoms with Crippen LogP contribution in [-0.4, -0.2) is 34.1 Å². The first-order valence-corrected chi connectivity index (χ1v) is 6.74. The van der Waals surface area contributed by atoms with Crippen LogP contribution in [0.1, 0.15) is 0 Å². The largest absolute Gasteiger partial charge is 0.383 e. The van der Waals surface area contributed by atoms with Crippen molar-refractivity contribution in [3.05, 3.63) is 30.3 Å². The Kier molecular flexibility index (Phi) is 5.21. The van der Waals surface area contributed by atoms with E-state index in [1.54, 1.807) is 18.2 Å². The number of alkyl halides is 1. The lowest BCUT2D eigenvalue weighted by Crippen LogP contribution is -2.39. The van der Waals surface area contributed by atoms with Gasteiger partial charge in [-0.3, -0.25) is 0 Å². The maximum absolute atomic E-state index is 11.9. The fourth-order valence-corrected chi connectivity index (χ4v) is 2.70. The fourth-order valence-electron chi connectivity index (χ4n) is 1.20. The highest BCUT2D eigenvalue weighted by atomic mass is 35.5. The predicted octanol–water partition coefficient (Wildman–Crippen LogP) is 1.22. The molecule has 0 aliphatic carbocycles. The normalized spacial score (nSPS) is 13.6. The molecule has 0 aromatic heterocycles. The van der Waals surface area contributed by atoms with Gasteiger partial charge in [0.2, 0.25) is 10.0 Å². The van der Waals surface area contributed by atoms with E-state index in [1.165, 1.54) is 19.2 Å². The van der Waals surface area contributed by atoms with Crippen molar-refractivity contribution in [1.82, 2.24) is 4.72 Å². The van der Waals surface area contributed by atoms with E-state index in [1.807, 2.05) is 0 Å². The zero-order chi connectivity index (χ0) is 12.0. The molecule has 0 fully saturated rings. The molecule has 0 aliphatic rings. The second-order valence-corrected chi connectivity index (χ2v) is 5.26. The Morgan fingerprint density at radius 2 is 2.00 bits per heavy atom. The molecule has 0 amide bonds. The molecule has 0 spiro atoms. The molecule has 1 aromatic rings. The average molecular weight is 264 g/mol. The van der Waals surface area contributed by atoms with Gasteiger partial charge in [-0.25, -0.2) is 13.1 Å². The van der Waals surface area contributed by atoms with Crippen molar-refractivity contribution in [2.24, 2.45) is 0 Å². The number of ether oxygens (including phenoxy) is 1. The molecule has 1 rings (SSSR count). The van der Waals surface area contributed by atoms with Crippen LogP contribution in [0.2, 0.25) is 0 Å².